The highest BCUT2D eigenvalue weighted by atomic mass is 32.1. The molecule has 3 N–H and O–H groups in total. The Balaban J connectivity index is 1.58. The van der Waals surface area contributed by atoms with Crippen molar-refractivity contribution in [2.75, 3.05) is 0 Å². The van der Waals surface area contributed by atoms with E-state index >= 15 is 0 Å². The van der Waals surface area contributed by atoms with Crippen LogP contribution in [-0.2, 0) is 11.3 Å². The molecule has 112 valence electrons. The van der Waals surface area contributed by atoms with Crippen molar-refractivity contribution in [2.45, 2.75) is 37.8 Å². The summed E-state index contributed by atoms with van der Waals surface area (Å²) in [5, 5.41) is 16.5. The Morgan fingerprint density at radius 1 is 1.43 bits per heavy atom. The molecule has 3 rings (SSSR count). The molecule has 0 saturated heterocycles. The first-order valence-corrected chi connectivity index (χ1v) is 7.67. The van der Waals surface area contributed by atoms with E-state index in [-0.39, 0.29) is 6.54 Å². The maximum Gasteiger partial charge on any atom is 0.329 e. The maximum absolute atomic E-state index is 11.9. The van der Waals surface area contributed by atoms with Crippen LogP contribution < -0.4 is 10.6 Å². The molecule has 8 heteroatoms. The molecule has 0 aromatic carbocycles. The van der Waals surface area contributed by atoms with Gasteiger partial charge in [0.2, 0.25) is 0 Å². The molecule has 1 aliphatic rings. The van der Waals surface area contributed by atoms with E-state index in [2.05, 4.69) is 15.6 Å². The molecule has 7 nitrogen and oxygen atoms in total. The quantitative estimate of drug-likeness (QED) is 0.799. The molecule has 2 amide bonds. The number of aromatic nitrogens is 2. The van der Waals surface area contributed by atoms with Crippen molar-refractivity contribution in [1.82, 2.24) is 20.0 Å². The number of hydrogen-bond donors (Lipinski definition) is 3. The van der Waals surface area contributed by atoms with Gasteiger partial charge in [-0.2, -0.15) is 0 Å². The van der Waals surface area contributed by atoms with E-state index in [9.17, 15) is 14.7 Å². The number of urea groups is 1. The molecule has 2 aromatic heterocycles. The fourth-order valence-corrected chi connectivity index (χ4v) is 3.38. The normalized spacial score (nSPS) is 17.0. The minimum atomic E-state index is -1.11. The van der Waals surface area contributed by atoms with Gasteiger partial charge >= 0.3 is 12.0 Å². The second-order valence-corrected chi connectivity index (χ2v) is 6.10. The lowest BCUT2D eigenvalue weighted by atomic mass is 9.98. The summed E-state index contributed by atoms with van der Waals surface area (Å²) >= 11 is 1.52. The van der Waals surface area contributed by atoms with Crippen LogP contribution >= 0.6 is 11.3 Å². The zero-order chi connectivity index (χ0) is 14.9. The van der Waals surface area contributed by atoms with Gasteiger partial charge in [-0.15, -0.1) is 11.3 Å². The Morgan fingerprint density at radius 3 is 2.86 bits per heavy atom. The summed E-state index contributed by atoms with van der Waals surface area (Å²) in [4.78, 5) is 28.5. The number of carboxylic acids is 1. The minimum Gasteiger partial charge on any atom is -0.480 e. The highest BCUT2D eigenvalue weighted by Crippen LogP contribution is 2.29. The van der Waals surface area contributed by atoms with Crippen molar-refractivity contribution in [3.05, 3.63) is 23.5 Å². The Morgan fingerprint density at radius 2 is 2.19 bits per heavy atom. The number of nitrogens with one attached hydrogen (secondary N) is 2. The summed E-state index contributed by atoms with van der Waals surface area (Å²) in [6, 6.07) is -0.462. The molecule has 0 atom stereocenters. The van der Waals surface area contributed by atoms with Crippen LogP contribution in [0, 0.1) is 0 Å². The summed E-state index contributed by atoms with van der Waals surface area (Å²) in [5.74, 6) is -0.961. The van der Waals surface area contributed by atoms with Gasteiger partial charge in [-0.1, -0.05) is 12.8 Å². The Hall–Kier alpha value is -2.09. The van der Waals surface area contributed by atoms with Crippen LogP contribution in [0.25, 0.3) is 4.96 Å². The van der Waals surface area contributed by atoms with Gasteiger partial charge in [-0.25, -0.2) is 14.6 Å². The third-order valence-corrected chi connectivity index (χ3v) is 4.56. The topological polar surface area (TPSA) is 95.7 Å². The number of hydrogen-bond acceptors (Lipinski definition) is 4. The minimum absolute atomic E-state index is 0.274. The van der Waals surface area contributed by atoms with Crippen LogP contribution in [0.1, 0.15) is 31.4 Å². The van der Waals surface area contributed by atoms with Crippen molar-refractivity contribution in [1.29, 1.82) is 0 Å². The zero-order valence-electron chi connectivity index (χ0n) is 11.3. The zero-order valence-corrected chi connectivity index (χ0v) is 12.2. The van der Waals surface area contributed by atoms with Crippen molar-refractivity contribution < 1.29 is 14.7 Å². The Kier molecular flexibility index (Phi) is 3.54. The monoisotopic (exact) mass is 308 g/mol. The molecule has 1 saturated carbocycles. The number of amides is 2. The van der Waals surface area contributed by atoms with E-state index in [0.717, 1.165) is 23.5 Å². The van der Waals surface area contributed by atoms with E-state index in [1.165, 1.54) is 11.3 Å². The number of carboxylic acid groups (broad SMARTS) is 1. The van der Waals surface area contributed by atoms with Gasteiger partial charge in [0.15, 0.2) is 4.96 Å². The third-order valence-electron chi connectivity index (χ3n) is 3.79. The molecule has 0 spiro atoms. The van der Waals surface area contributed by atoms with E-state index in [1.807, 2.05) is 22.2 Å². The van der Waals surface area contributed by atoms with Crippen molar-refractivity contribution in [3.8, 4) is 0 Å². The average Bonchev–Trinajstić information content (AvgIpc) is 3.11. The summed E-state index contributed by atoms with van der Waals surface area (Å²) in [6.07, 6.45) is 6.35. The molecule has 0 bridgehead atoms. The number of fused-ring (bicyclic) bond motifs is 1. The second kappa shape index (κ2) is 5.36. The largest absolute Gasteiger partial charge is 0.480 e. The molecular formula is C13H16N4O3S. The summed E-state index contributed by atoms with van der Waals surface area (Å²) in [5.41, 5.74) is -0.369. The summed E-state index contributed by atoms with van der Waals surface area (Å²) in [7, 11) is 0. The number of thiazole rings is 1. The fraction of sp³-hybridized carbons (Fsp3) is 0.462. The molecule has 2 heterocycles. The van der Waals surface area contributed by atoms with E-state index in [4.69, 9.17) is 0 Å². The average molecular weight is 308 g/mol. The standard InChI is InChI=1S/C13H16N4O3S/c18-10(19)13(3-1-2-4-13)16-11(20)14-7-9-8-17-5-6-21-12(17)15-9/h5-6,8H,1-4,7H2,(H,18,19)(H2,14,16,20). The molecular weight excluding hydrogens is 292 g/mol. The number of nitrogens with zero attached hydrogens (tertiary/aromatic N) is 2. The molecule has 0 radical (unpaired) electrons. The van der Waals surface area contributed by atoms with Gasteiger partial charge in [0.1, 0.15) is 5.54 Å². The van der Waals surface area contributed by atoms with Crippen LogP contribution in [0.5, 0.6) is 0 Å². The number of imidazole rings is 1. The predicted octanol–water partition coefficient (Wildman–Crippen LogP) is 1.59. The van der Waals surface area contributed by atoms with Gasteiger partial charge in [-0.3, -0.25) is 4.40 Å². The van der Waals surface area contributed by atoms with Gasteiger partial charge in [0.05, 0.1) is 12.2 Å². The van der Waals surface area contributed by atoms with E-state index < -0.39 is 17.5 Å². The Labute approximate surface area is 125 Å². The predicted molar refractivity (Wildman–Crippen MR) is 77.3 cm³/mol. The molecule has 0 aliphatic heterocycles. The first kappa shape index (κ1) is 13.9. The maximum atomic E-state index is 11.9. The number of carbonyl (C=O) groups excluding carboxylic acids is 1. The molecule has 2 aromatic rings. The lowest BCUT2D eigenvalue weighted by Gasteiger charge is -2.25. The molecule has 0 unspecified atom stereocenters. The third kappa shape index (κ3) is 2.71. The van der Waals surface area contributed by atoms with Crippen molar-refractivity contribution in [3.63, 3.8) is 0 Å². The highest BCUT2D eigenvalue weighted by molar-refractivity contribution is 7.15. The molecule has 1 aliphatic carbocycles. The lowest BCUT2D eigenvalue weighted by molar-refractivity contribution is -0.144. The van der Waals surface area contributed by atoms with Gasteiger partial charge in [0.25, 0.3) is 0 Å². The van der Waals surface area contributed by atoms with E-state index in [0.29, 0.717) is 12.8 Å². The van der Waals surface area contributed by atoms with Crippen LogP contribution in [0.2, 0.25) is 0 Å². The first-order valence-electron chi connectivity index (χ1n) is 6.80. The Bertz CT molecular complexity index is 643. The number of rotatable bonds is 4. The van der Waals surface area contributed by atoms with Crippen LogP contribution in [0.4, 0.5) is 4.79 Å². The van der Waals surface area contributed by atoms with Crippen LogP contribution in [-0.4, -0.2) is 32.0 Å². The van der Waals surface area contributed by atoms with Gasteiger partial charge < -0.3 is 15.7 Å². The van der Waals surface area contributed by atoms with Crippen LogP contribution in [0.3, 0.4) is 0 Å². The number of aliphatic carboxylic acids is 1. The molecule has 21 heavy (non-hydrogen) atoms. The summed E-state index contributed by atoms with van der Waals surface area (Å²) in [6.45, 7) is 0.274. The van der Waals surface area contributed by atoms with Crippen LogP contribution in [0.15, 0.2) is 17.8 Å². The fourth-order valence-electron chi connectivity index (χ4n) is 2.66. The first-order chi connectivity index (χ1) is 10.1. The van der Waals surface area contributed by atoms with Gasteiger partial charge in [-0.05, 0) is 12.8 Å². The second-order valence-electron chi connectivity index (χ2n) is 5.23. The van der Waals surface area contributed by atoms with E-state index in [1.54, 1.807) is 0 Å². The lowest BCUT2D eigenvalue weighted by Crippen LogP contribution is -2.55. The van der Waals surface area contributed by atoms with Crippen molar-refractivity contribution in [2.24, 2.45) is 0 Å². The SMILES string of the molecule is O=C(NCc1cn2ccsc2n1)NC1(C(=O)O)CCCC1. The number of carbonyl (C=O) groups is 2. The van der Waals surface area contributed by atoms with Crippen molar-refractivity contribution >= 4 is 28.3 Å². The summed E-state index contributed by atoms with van der Waals surface area (Å²) < 4.78 is 1.88. The van der Waals surface area contributed by atoms with Gasteiger partial charge in [0, 0.05) is 17.8 Å². The highest BCUT2D eigenvalue weighted by Gasteiger charge is 2.42. The molecule has 1 fully saturated rings. The smallest absolute Gasteiger partial charge is 0.329 e.